The van der Waals surface area contributed by atoms with Crippen LogP contribution in [-0.4, -0.2) is 23.6 Å². The van der Waals surface area contributed by atoms with Gasteiger partial charge in [0.2, 0.25) is 0 Å². The highest BCUT2D eigenvalue weighted by Crippen LogP contribution is 2.27. The Labute approximate surface area is 157 Å². The molecule has 0 N–H and O–H groups in total. The number of hydrogen-bond acceptors (Lipinski definition) is 4. The molecule has 26 heavy (non-hydrogen) atoms. The summed E-state index contributed by atoms with van der Waals surface area (Å²) in [5, 5.41) is 0.539. The number of carbonyl (C=O) groups is 2. The number of methoxy groups -OCH3 is 1. The van der Waals surface area contributed by atoms with E-state index in [9.17, 15) is 14.0 Å². The number of nitrogens with zero attached hydrogens (tertiary/aromatic N) is 2. The molecule has 0 aliphatic rings. The van der Waals surface area contributed by atoms with Crippen LogP contribution in [0.5, 0.6) is 0 Å². The summed E-state index contributed by atoms with van der Waals surface area (Å²) in [5.74, 6) is -1.60. The molecule has 0 saturated carbocycles. The van der Waals surface area contributed by atoms with E-state index in [-0.39, 0.29) is 12.1 Å². The van der Waals surface area contributed by atoms with Gasteiger partial charge in [0.25, 0.3) is 5.91 Å². The lowest BCUT2D eigenvalue weighted by atomic mass is 10.2. The van der Waals surface area contributed by atoms with Crippen LogP contribution in [0.15, 0.2) is 41.4 Å². The van der Waals surface area contributed by atoms with Gasteiger partial charge in [0.05, 0.1) is 17.3 Å². The Morgan fingerprint density at radius 2 is 2.08 bits per heavy atom. The maximum Gasteiger partial charge on any atom is 0.325 e. The van der Waals surface area contributed by atoms with E-state index in [1.54, 1.807) is 16.7 Å². The second-order valence-electron chi connectivity index (χ2n) is 5.49. The lowest BCUT2D eigenvalue weighted by Crippen LogP contribution is -2.22. The molecule has 0 unspecified atom stereocenters. The lowest BCUT2D eigenvalue weighted by molar-refractivity contribution is -0.141. The quantitative estimate of drug-likeness (QED) is 0.638. The molecule has 5 nitrogen and oxygen atoms in total. The van der Waals surface area contributed by atoms with Crippen molar-refractivity contribution in [1.29, 1.82) is 0 Å². The third kappa shape index (κ3) is 3.54. The zero-order valence-electron chi connectivity index (χ0n) is 14.0. The standard InChI is InChI=1S/C18H14ClFN2O3S/c1-10-13(19)6-7-14-16(10)22(9-15(23)25-2)18(26-14)21-17(24)11-4-3-5-12(20)8-11/h3-8H,9H2,1-2H3. The van der Waals surface area contributed by atoms with E-state index in [0.29, 0.717) is 15.3 Å². The van der Waals surface area contributed by atoms with Crippen LogP contribution in [0.4, 0.5) is 4.39 Å². The van der Waals surface area contributed by atoms with E-state index in [0.717, 1.165) is 16.3 Å². The van der Waals surface area contributed by atoms with Crippen LogP contribution in [0.1, 0.15) is 15.9 Å². The minimum absolute atomic E-state index is 0.118. The molecule has 8 heteroatoms. The van der Waals surface area contributed by atoms with E-state index in [2.05, 4.69) is 4.99 Å². The summed E-state index contributed by atoms with van der Waals surface area (Å²) in [6, 6.07) is 8.83. The van der Waals surface area contributed by atoms with E-state index < -0.39 is 17.7 Å². The molecule has 3 rings (SSSR count). The van der Waals surface area contributed by atoms with Gasteiger partial charge >= 0.3 is 5.97 Å². The van der Waals surface area contributed by atoms with Gasteiger partial charge in [-0.15, -0.1) is 0 Å². The Balaban J connectivity index is 2.21. The Kier molecular flexibility index (Phi) is 5.20. The van der Waals surface area contributed by atoms with Crippen molar-refractivity contribution < 1.29 is 18.7 Å². The molecule has 2 aromatic carbocycles. The van der Waals surface area contributed by atoms with E-state index in [1.807, 2.05) is 6.92 Å². The van der Waals surface area contributed by atoms with Crippen molar-refractivity contribution in [2.24, 2.45) is 4.99 Å². The predicted molar refractivity (Wildman–Crippen MR) is 97.9 cm³/mol. The third-order valence-electron chi connectivity index (χ3n) is 3.81. The number of ether oxygens (including phenoxy) is 1. The highest BCUT2D eigenvalue weighted by molar-refractivity contribution is 7.16. The Hall–Kier alpha value is -2.51. The Morgan fingerprint density at radius 1 is 1.31 bits per heavy atom. The molecule has 134 valence electrons. The fourth-order valence-corrected chi connectivity index (χ4v) is 3.75. The van der Waals surface area contributed by atoms with Gasteiger partial charge in [0, 0.05) is 10.6 Å². The topological polar surface area (TPSA) is 60.7 Å². The number of halogens is 2. The van der Waals surface area contributed by atoms with Gasteiger partial charge in [-0.25, -0.2) is 4.39 Å². The van der Waals surface area contributed by atoms with Crippen LogP contribution < -0.4 is 4.80 Å². The highest BCUT2D eigenvalue weighted by atomic mass is 35.5. The number of thiazole rings is 1. The first kappa shape index (κ1) is 18.3. The van der Waals surface area contributed by atoms with Crippen LogP contribution in [0.2, 0.25) is 5.02 Å². The number of hydrogen-bond donors (Lipinski definition) is 0. The Bertz CT molecular complexity index is 1090. The number of esters is 1. The minimum Gasteiger partial charge on any atom is -0.468 e. The van der Waals surface area contributed by atoms with Crippen LogP contribution in [0, 0.1) is 12.7 Å². The van der Waals surface area contributed by atoms with Crippen LogP contribution in [0.3, 0.4) is 0 Å². The summed E-state index contributed by atoms with van der Waals surface area (Å²) in [6.07, 6.45) is 0. The van der Waals surface area contributed by atoms with Gasteiger partial charge in [0.15, 0.2) is 4.80 Å². The SMILES string of the molecule is COC(=O)Cn1c(=NC(=O)c2cccc(F)c2)sc2ccc(Cl)c(C)c21. The molecular weight excluding hydrogens is 379 g/mol. The fraction of sp³-hybridized carbons (Fsp3) is 0.167. The number of amides is 1. The maximum atomic E-state index is 13.4. The average Bonchev–Trinajstić information content (AvgIpc) is 2.96. The molecule has 0 spiro atoms. The van der Waals surface area contributed by atoms with Crippen molar-refractivity contribution in [3.63, 3.8) is 0 Å². The fourth-order valence-electron chi connectivity index (χ4n) is 2.51. The van der Waals surface area contributed by atoms with Gasteiger partial charge in [-0.2, -0.15) is 4.99 Å². The largest absolute Gasteiger partial charge is 0.468 e. The van der Waals surface area contributed by atoms with Crippen molar-refractivity contribution in [3.8, 4) is 0 Å². The maximum absolute atomic E-state index is 13.4. The van der Waals surface area contributed by atoms with Gasteiger partial charge in [-0.3, -0.25) is 9.59 Å². The minimum atomic E-state index is -0.599. The average molecular weight is 393 g/mol. The number of rotatable bonds is 3. The summed E-state index contributed by atoms with van der Waals surface area (Å²) in [5.41, 5.74) is 1.60. The number of benzene rings is 2. The monoisotopic (exact) mass is 392 g/mol. The molecule has 0 bridgehead atoms. The van der Waals surface area contributed by atoms with Crippen molar-refractivity contribution >= 4 is 45.0 Å². The molecule has 0 fully saturated rings. The van der Waals surface area contributed by atoms with Crippen LogP contribution in [-0.2, 0) is 16.1 Å². The third-order valence-corrected chi connectivity index (χ3v) is 5.27. The van der Waals surface area contributed by atoms with E-state index >= 15 is 0 Å². The molecule has 0 aliphatic carbocycles. The second-order valence-corrected chi connectivity index (χ2v) is 6.91. The summed E-state index contributed by atoms with van der Waals surface area (Å²) >= 11 is 7.44. The molecule has 0 saturated heterocycles. The summed E-state index contributed by atoms with van der Waals surface area (Å²) in [6.45, 7) is 1.70. The smallest absolute Gasteiger partial charge is 0.325 e. The first-order valence-corrected chi connectivity index (χ1v) is 8.80. The zero-order chi connectivity index (χ0) is 18.8. The second kappa shape index (κ2) is 7.39. The lowest BCUT2D eigenvalue weighted by Gasteiger charge is -2.07. The molecule has 1 heterocycles. The van der Waals surface area contributed by atoms with Crippen molar-refractivity contribution in [2.45, 2.75) is 13.5 Å². The van der Waals surface area contributed by atoms with Gasteiger partial charge in [-0.1, -0.05) is 29.0 Å². The predicted octanol–water partition coefficient (Wildman–Crippen LogP) is 3.72. The van der Waals surface area contributed by atoms with E-state index in [1.165, 1.54) is 36.6 Å². The normalized spacial score (nSPS) is 11.8. The molecule has 1 amide bonds. The van der Waals surface area contributed by atoms with Crippen molar-refractivity contribution in [1.82, 2.24) is 4.57 Å². The number of aryl methyl sites for hydroxylation is 1. The number of carbonyl (C=O) groups excluding carboxylic acids is 2. The van der Waals surface area contributed by atoms with E-state index in [4.69, 9.17) is 16.3 Å². The van der Waals surface area contributed by atoms with Crippen molar-refractivity contribution in [3.05, 3.63) is 63.2 Å². The number of fused-ring (bicyclic) bond motifs is 1. The van der Waals surface area contributed by atoms with Gasteiger partial charge < -0.3 is 9.30 Å². The van der Waals surface area contributed by atoms with Crippen LogP contribution in [0.25, 0.3) is 10.2 Å². The van der Waals surface area contributed by atoms with Crippen LogP contribution >= 0.6 is 22.9 Å². The van der Waals surface area contributed by atoms with Gasteiger partial charge in [-0.05, 0) is 42.8 Å². The highest BCUT2D eigenvalue weighted by Gasteiger charge is 2.15. The summed E-state index contributed by atoms with van der Waals surface area (Å²) in [4.78, 5) is 28.6. The molecule has 3 aromatic rings. The van der Waals surface area contributed by atoms with Crippen molar-refractivity contribution in [2.75, 3.05) is 7.11 Å². The Morgan fingerprint density at radius 3 is 2.77 bits per heavy atom. The molecular formula is C18H14ClFN2O3S. The zero-order valence-corrected chi connectivity index (χ0v) is 15.5. The first-order valence-electron chi connectivity index (χ1n) is 7.60. The molecule has 0 atom stereocenters. The molecule has 0 aliphatic heterocycles. The first-order chi connectivity index (χ1) is 12.4. The van der Waals surface area contributed by atoms with Gasteiger partial charge in [0.1, 0.15) is 12.4 Å². The summed E-state index contributed by atoms with van der Waals surface area (Å²) < 4.78 is 20.5. The summed E-state index contributed by atoms with van der Waals surface area (Å²) in [7, 11) is 1.28. The molecule has 0 radical (unpaired) electrons. The molecule has 1 aromatic heterocycles. The number of aromatic nitrogens is 1.